The molecular weight excluding hydrogens is 399 g/mol. The van der Waals surface area contributed by atoms with Crippen LogP contribution in [0.15, 0.2) is 59.8 Å². The number of halogens is 1. The average Bonchev–Trinajstić information content (AvgIpc) is 2.68. The number of hydrogen-bond acceptors (Lipinski definition) is 6. The lowest BCUT2D eigenvalue weighted by atomic mass is 10.0. The highest BCUT2D eigenvalue weighted by molar-refractivity contribution is 7.89. The lowest BCUT2D eigenvalue weighted by Gasteiger charge is -2.14. The van der Waals surface area contributed by atoms with Crippen molar-refractivity contribution in [3.8, 4) is 22.4 Å². The fourth-order valence-corrected chi connectivity index (χ4v) is 4.08. The van der Waals surface area contributed by atoms with Crippen molar-refractivity contribution in [2.24, 2.45) is 0 Å². The molecule has 150 valence electrons. The molecule has 3 rings (SSSR count). The zero-order chi connectivity index (χ0) is 21.2. The number of carboxylic acid groups (broad SMARTS) is 1. The normalized spacial score (nSPS) is 12.5. The number of benzene rings is 2. The van der Waals surface area contributed by atoms with Gasteiger partial charge in [0, 0.05) is 11.1 Å². The molecule has 3 aromatic rings. The summed E-state index contributed by atoms with van der Waals surface area (Å²) >= 11 is 0. The van der Waals surface area contributed by atoms with E-state index in [1.165, 1.54) is 49.6 Å². The van der Waals surface area contributed by atoms with Crippen molar-refractivity contribution in [3.63, 3.8) is 0 Å². The van der Waals surface area contributed by atoms with Crippen LogP contribution in [0.1, 0.15) is 6.92 Å². The van der Waals surface area contributed by atoms with Crippen molar-refractivity contribution in [3.05, 3.63) is 60.7 Å². The number of aliphatic carboxylic acids is 1. The van der Waals surface area contributed by atoms with Gasteiger partial charge >= 0.3 is 5.97 Å². The van der Waals surface area contributed by atoms with Crippen LogP contribution in [0.2, 0.25) is 0 Å². The summed E-state index contributed by atoms with van der Waals surface area (Å²) in [5, 5.41) is 8.98. The minimum atomic E-state index is -4.15. The van der Waals surface area contributed by atoms with Crippen LogP contribution in [0.25, 0.3) is 22.4 Å². The Kier molecular flexibility index (Phi) is 5.57. The molecule has 0 fully saturated rings. The van der Waals surface area contributed by atoms with Crippen LogP contribution in [0.3, 0.4) is 0 Å². The van der Waals surface area contributed by atoms with E-state index in [0.29, 0.717) is 5.56 Å². The molecule has 29 heavy (non-hydrogen) atoms. The van der Waals surface area contributed by atoms with Gasteiger partial charge in [0.2, 0.25) is 10.0 Å². The zero-order valence-corrected chi connectivity index (χ0v) is 16.0. The molecule has 0 aliphatic heterocycles. The molecule has 10 heteroatoms. The van der Waals surface area contributed by atoms with Crippen LogP contribution >= 0.6 is 0 Å². The van der Waals surface area contributed by atoms with Gasteiger partial charge in [-0.05, 0) is 30.7 Å². The van der Waals surface area contributed by atoms with Crippen LogP contribution in [0, 0.1) is 5.82 Å². The molecule has 0 bridgehead atoms. The van der Waals surface area contributed by atoms with Crippen LogP contribution in [0.4, 0.5) is 10.2 Å². The van der Waals surface area contributed by atoms with E-state index in [9.17, 15) is 17.6 Å². The Balaban J connectivity index is 2.03. The number of sulfonamides is 1. The van der Waals surface area contributed by atoms with Crippen LogP contribution < -0.4 is 10.5 Å². The second kappa shape index (κ2) is 7.94. The summed E-state index contributed by atoms with van der Waals surface area (Å²) in [7, 11) is -4.15. The SMILES string of the molecule is C[C@H](NS(=O)(=O)c1ccccc1-c1ccc(-c2cnc(N)cn2)c(F)c1)C(=O)O. The van der Waals surface area contributed by atoms with Crippen molar-refractivity contribution >= 4 is 21.8 Å². The van der Waals surface area contributed by atoms with Gasteiger partial charge in [0.25, 0.3) is 0 Å². The third-order valence-corrected chi connectivity index (χ3v) is 5.71. The van der Waals surface area contributed by atoms with Crippen LogP contribution in [-0.4, -0.2) is 35.5 Å². The Bertz CT molecular complexity index is 1170. The van der Waals surface area contributed by atoms with E-state index in [4.69, 9.17) is 10.8 Å². The number of nitrogens with two attached hydrogens (primary N) is 1. The molecule has 1 atom stereocenters. The predicted molar refractivity (Wildman–Crippen MR) is 105 cm³/mol. The number of aromatic nitrogens is 2. The lowest BCUT2D eigenvalue weighted by molar-refractivity contribution is -0.138. The first-order chi connectivity index (χ1) is 13.7. The van der Waals surface area contributed by atoms with Gasteiger partial charge in [-0.15, -0.1) is 0 Å². The largest absolute Gasteiger partial charge is 0.480 e. The summed E-state index contributed by atoms with van der Waals surface area (Å²) in [6, 6.07) is 8.80. The fourth-order valence-electron chi connectivity index (χ4n) is 2.65. The number of nitrogens with zero attached hydrogens (tertiary/aromatic N) is 2. The van der Waals surface area contributed by atoms with Gasteiger partial charge < -0.3 is 10.8 Å². The molecule has 1 heterocycles. The monoisotopic (exact) mass is 416 g/mol. The van der Waals surface area contributed by atoms with Gasteiger partial charge in [-0.2, -0.15) is 4.72 Å². The molecule has 0 spiro atoms. The Morgan fingerprint density at radius 1 is 1.14 bits per heavy atom. The Morgan fingerprint density at radius 2 is 1.86 bits per heavy atom. The van der Waals surface area contributed by atoms with E-state index in [2.05, 4.69) is 14.7 Å². The van der Waals surface area contributed by atoms with E-state index < -0.39 is 27.9 Å². The maximum atomic E-state index is 14.7. The number of rotatable bonds is 6. The van der Waals surface area contributed by atoms with Gasteiger partial charge in [-0.3, -0.25) is 9.78 Å². The summed E-state index contributed by atoms with van der Waals surface area (Å²) in [4.78, 5) is 18.8. The molecule has 2 aromatic carbocycles. The Morgan fingerprint density at radius 3 is 2.48 bits per heavy atom. The number of nitrogen functional groups attached to an aromatic ring is 1. The fraction of sp³-hybridized carbons (Fsp3) is 0.105. The third kappa shape index (κ3) is 4.39. The van der Waals surface area contributed by atoms with E-state index in [0.717, 1.165) is 0 Å². The van der Waals surface area contributed by atoms with Crippen molar-refractivity contribution in [1.29, 1.82) is 0 Å². The van der Waals surface area contributed by atoms with Gasteiger partial charge in [0.1, 0.15) is 17.7 Å². The minimum Gasteiger partial charge on any atom is -0.480 e. The lowest BCUT2D eigenvalue weighted by Crippen LogP contribution is -2.38. The van der Waals surface area contributed by atoms with Gasteiger partial charge in [0.15, 0.2) is 0 Å². The molecule has 0 unspecified atom stereocenters. The third-order valence-electron chi connectivity index (χ3n) is 4.11. The van der Waals surface area contributed by atoms with E-state index >= 15 is 0 Å². The molecule has 8 nitrogen and oxygen atoms in total. The highest BCUT2D eigenvalue weighted by atomic mass is 32.2. The minimum absolute atomic E-state index is 0.160. The molecular formula is C19H17FN4O4S. The quantitative estimate of drug-likeness (QED) is 0.561. The Labute approximate surface area is 166 Å². The number of anilines is 1. The van der Waals surface area contributed by atoms with Crippen molar-refractivity contribution < 1.29 is 22.7 Å². The summed E-state index contributed by atoms with van der Waals surface area (Å²) in [6.07, 6.45) is 2.64. The first-order valence-corrected chi connectivity index (χ1v) is 9.89. The van der Waals surface area contributed by atoms with Gasteiger partial charge in [0.05, 0.1) is 23.0 Å². The number of carboxylic acids is 1. The maximum Gasteiger partial charge on any atom is 0.321 e. The first-order valence-electron chi connectivity index (χ1n) is 8.41. The molecule has 0 aliphatic carbocycles. The molecule has 4 N–H and O–H groups in total. The molecule has 0 aliphatic rings. The summed E-state index contributed by atoms with van der Waals surface area (Å²) in [5.74, 6) is -1.74. The molecule has 1 aromatic heterocycles. The first kappa shape index (κ1) is 20.4. The highest BCUT2D eigenvalue weighted by Gasteiger charge is 2.24. The second-order valence-corrected chi connectivity index (χ2v) is 7.88. The van der Waals surface area contributed by atoms with Crippen LogP contribution in [-0.2, 0) is 14.8 Å². The smallest absolute Gasteiger partial charge is 0.321 e. The van der Waals surface area contributed by atoms with Crippen LogP contribution in [0.5, 0.6) is 0 Å². The maximum absolute atomic E-state index is 14.7. The number of nitrogens with one attached hydrogen (secondary N) is 1. The summed E-state index contributed by atoms with van der Waals surface area (Å²) < 4.78 is 42.1. The average molecular weight is 416 g/mol. The Hall–Kier alpha value is -3.37. The number of carbonyl (C=O) groups is 1. The van der Waals surface area contributed by atoms with Crippen molar-refractivity contribution in [1.82, 2.24) is 14.7 Å². The second-order valence-electron chi connectivity index (χ2n) is 6.20. The van der Waals surface area contributed by atoms with Crippen molar-refractivity contribution in [2.75, 3.05) is 5.73 Å². The molecule has 0 saturated heterocycles. The van der Waals surface area contributed by atoms with E-state index in [1.807, 2.05) is 0 Å². The topological polar surface area (TPSA) is 135 Å². The predicted octanol–water partition coefficient (Wildman–Crippen LogP) is 2.28. The number of hydrogen-bond donors (Lipinski definition) is 3. The molecule has 0 saturated carbocycles. The highest BCUT2D eigenvalue weighted by Crippen LogP contribution is 2.31. The molecule has 0 radical (unpaired) electrons. The van der Waals surface area contributed by atoms with E-state index in [-0.39, 0.29) is 27.5 Å². The van der Waals surface area contributed by atoms with Crippen molar-refractivity contribution in [2.45, 2.75) is 17.9 Å². The van der Waals surface area contributed by atoms with Gasteiger partial charge in [-0.1, -0.05) is 24.3 Å². The van der Waals surface area contributed by atoms with Gasteiger partial charge in [-0.25, -0.2) is 17.8 Å². The summed E-state index contributed by atoms with van der Waals surface area (Å²) in [6.45, 7) is 1.21. The summed E-state index contributed by atoms with van der Waals surface area (Å²) in [5.41, 5.74) is 6.48. The van der Waals surface area contributed by atoms with E-state index in [1.54, 1.807) is 12.1 Å². The standard InChI is InChI=1S/C19H17FN4O4S/c1-11(19(25)26)24-29(27,28)17-5-3-2-4-13(17)12-6-7-14(15(20)8-12)16-9-23-18(21)10-22-16/h2-11,24H,1H3,(H2,21,23)(H,25,26)/t11-/m0/s1. The molecule has 0 amide bonds. The zero-order valence-electron chi connectivity index (χ0n) is 15.2.